The van der Waals surface area contributed by atoms with E-state index in [2.05, 4.69) is 19.7 Å². The number of piperazine rings is 1. The lowest BCUT2D eigenvalue weighted by Crippen LogP contribution is -2.50. The highest BCUT2D eigenvalue weighted by Gasteiger charge is 2.34. The fourth-order valence-corrected chi connectivity index (χ4v) is 4.16. The van der Waals surface area contributed by atoms with Crippen LogP contribution < -0.4 is 11.5 Å². The van der Waals surface area contributed by atoms with Crippen LogP contribution in [0.15, 0.2) is 40.7 Å². The fourth-order valence-electron chi connectivity index (χ4n) is 4.16. The van der Waals surface area contributed by atoms with E-state index in [1.54, 1.807) is 19.2 Å². The first-order valence-electron chi connectivity index (χ1n) is 10.6. The average Bonchev–Trinajstić information content (AvgIpc) is 3.56. The van der Waals surface area contributed by atoms with Crippen molar-refractivity contribution in [1.82, 2.24) is 14.7 Å². The van der Waals surface area contributed by atoms with Gasteiger partial charge in [-0.15, -0.1) is 0 Å². The summed E-state index contributed by atoms with van der Waals surface area (Å²) in [7, 11) is 5.63. The predicted molar refractivity (Wildman–Crippen MR) is 117 cm³/mol. The quantitative estimate of drug-likeness (QED) is 0.506. The summed E-state index contributed by atoms with van der Waals surface area (Å²) in [5, 5.41) is 0. The van der Waals surface area contributed by atoms with E-state index in [4.69, 9.17) is 11.5 Å². The molecule has 2 aliphatic rings. The summed E-state index contributed by atoms with van der Waals surface area (Å²) in [6.07, 6.45) is -2.15. The van der Waals surface area contributed by atoms with Gasteiger partial charge in [0.05, 0.1) is 5.56 Å². The highest BCUT2D eigenvalue weighted by Crippen LogP contribution is 2.38. The molecule has 1 aromatic rings. The summed E-state index contributed by atoms with van der Waals surface area (Å²) in [6.45, 7) is 3.73. The summed E-state index contributed by atoms with van der Waals surface area (Å²) in [6, 6.07) is 5.55. The Labute approximate surface area is 182 Å². The zero-order valence-electron chi connectivity index (χ0n) is 18.5. The van der Waals surface area contributed by atoms with Crippen LogP contribution in [0, 0.1) is 5.92 Å². The number of amidine groups is 1. The van der Waals surface area contributed by atoms with Gasteiger partial charge in [0.25, 0.3) is 0 Å². The molecule has 31 heavy (non-hydrogen) atoms. The molecule has 2 fully saturated rings. The third kappa shape index (κ3) is 5.71. The minimum absolute atomic E-state index is 0.00909. The summed E-state index contributed by atoms with van der Waals surface area (Å²) in [4.78, 5) is 10.7. The molecule has 1 aromatic carbocycles. The van der Waals surface area contributed by atoms with Crippen LogP contribution in [0.1, 0.15) is 30.0 Å². The van der Waals surface area contributed by atoms with Crippen molar-refractivity contribution in [2.45, 2.75) is 25.1 Å². The second-order valence-corrected chi connectivity index (χ2v) is 8.60. The van der Waals surface area contributed by atoms with Gasteiger partial charge in [-0.1, -0.05) is 12.1 Å². The predicted octanol–water partition coefficient (Wildman–Crippen LogP) is 2.49. The Morgan fingerprint density at radius 3 is 2.13 bits per heavy atom. The van der Waals surface area contributed by atoms with Crippen LogP contribution in [0.5, 0.6) is 0 Å². The summed E-state index contributed by atoms with van der Waals surface area (Å²) in [5.74, 6) is 1.62. The number of halogens is 3. The van der Waals surface area contributed by atoms with E-state index < -0.39 is 11.7 Å². The molecular formula is C22H33F3N6. The molecule has 1 saturated carbocycles. The van der Waals surface area contributed by atoms with Crippen molar-refractivity contribution in [2.24, 2.45) is 22.4 Å². The van der Waals surface area contributed by atoms with E-state index >= 15 is 0 Å². The minimum atomic E-state index is -4.33. The van der Waals surface area contributed by atoms with E-state index in [0.717, 1.165) is 56.7 Å². The number of alkyl halides is 3. The summed E-state index contributed by atoms with van der Waals surface area (Å²) >= 11 is 0. The van der Waals surface area contributed by atoms with Gasteiger partial charge in [-0.05, 0) is 50.6 Å². The van der Waals surface area contributed by atoms with Crippen LogP contribution in [-0.2, 0) is 6.18 Å². The molecule has 172 valence electrons. The van der Waals surface area contributed by atoms with Gasteiger partial charge < -0.3 is 21.3 Å². The van der Waals surface area contributed by atoms with Crippen LogP contribution in [0.25, 0.3) is 0 Å². The lowest BCUT2D eigenvalue weighted by Gasteiger charge is -2.41. The minimum Gasteiger partial charge on any atom is -0.385 e. The number of nitrogens with zero attached hydrogens (tertiary/aromatic N) is 4. The van der Waals surface area contributed by atoms with Gasteiger partial charge in [-0.25, -0.2) is 0 Å². The van der Waals surface area contributed by atoms with Crippen molar-refractivity contribution >= 4 is 5.84 Å². The normalized spacial score (nSPS) is 20.7. The second-order valence-electron chi connectivity index (χ2n) is 8.60. The maximum atomic E-state index is 13.0. The van der Waals surface area contributed by atoms with Gasteiger partial charge in [0.15, 0.2) is 0 Å². The highest BCUT2D eigenvalue weighted by atomic mass is 19.4. The molecule has 4 N–H and O–H groups in total. The molecule has 1 atom stereocenters. The molecule has 1 aliphatic carbocycles. The second kappa shape index (κ2) is 9.48. The first-order chi connectivity index (χ1) is 14.6. The highest BCUT2D eigenvalue weighted by molar-refractivity contribution is 5.98. The topological polar surface area (TPSA) is 74.1 Å². The number of benzene rings is 1. The Morgan fingerprint density at radius 2 is 1.68 bits per heavy atom. The molecule has 0 radical (unpaired) electrons. The zero-order valence-corrected chi connectivity index (χ0v) is 18.5. The summed E-state index contributed by atoms with van der Waals surface area (Å²) in [5.41, 5.74) is 13.8. The monoisotopic (exact) mass is 438 g/mol. The number of hydrogen-bond donors (Lipinski definition) is 2. The molecule has 6 nitrogen and oxygen atoms in total. The van der Waals surface area contributed by atoms with Crippen LogP contribution in [0.2, 0.25) is 0 Å². The van der Waals surface area contributed by atoms with E-state index in [-0.39, 0.29) is 6.04 Å². The molecule has 0 spiro atoms. The lowest BCUT2D eigenvalue weighted by molar-refractivity contribution is -0.137. The molecule has 3 rings (SSSR count). The Bertz CT molecular complexity index is 804. The molecule has 1 saturated heterocycles. The fraction of sp³-hybridized carbons (Fsp3) is 0.591. The van der Waals surface area contributed by atoms with E-state index in [1.165, 1.54) is 12.1 Å². The first kappa shape index (κ1) is 23.4. The van der Waals surface area contributed by atoms with Crippen molar-refractivity contribution in [1.29, 1.82) is 0 Å². The summed E-state index contributed by atoms with van der Waals surface area (Å²) < 4.78 is 38.9. The van der Waals surface area contributed by atoms with E-state index in [9.17, 15) is 13.2 Å². The van der Waals surface area contributed by atoms with E-state index in [0.29, 0.717) is 17.6 Å². The molecule has 0 amide bonds. The number of likely N-dealkylation sites (N-methyl/N-ethyl adjacent to an activating group) is 1. The smallest absolute Gasteiger partial charge is 0.385 e. The Balaban J connectivity index is 1.74. The van der Waals surface area contributed by atoms with Gasteiger partial charge in [-0.3, -0.25) is 9.89 Å². The maximum Gasteiger partial charge on any atom is 0.416 e. The number of aliphatic imine (C=N–C) groups is 1. The number of nitrogens with two attached hydrogens (primary N) is 2. The molecular weight excluding hydrogens is 405 g/mol. The van der Waals surface area contributed by atoms with Crippen LogP contribution >= 0.6 is 0 Å². The largest absolute Gasteiger partial charge is 0.416 e. The Morgan fingerprint density at radius 1 is 1.10 bits per heavy atom. The molecule has 1 aliphatic heterocycles. The van der Waals surface area contributed by atoms with Gasteiger partial charge in [0, 0.05) is 51.4 Å². The van der Waals surface area contributed by atoms with Crippen molar-refractivity contribution in [3.63, 3.8) is 0 Å². The molecule has 1 unspecified atom stereocenters. The molecule has 9 heteroatoms. The van der Waals surface area contributed by atoms with Gasteiger partial charge in [0.1, 0.15) is 11.7 Å². The third-order valence-electron chi connectivity index (χ3n) is 6.03. The SMILES string of the molecule is CN=C(N)C(=C(N)N1CCN(C(CN(C)C)c2ccc(C(F)(F)F)cc2)CC1)C1CC1. The number of hydrogen-bond acceptors (Lipinski definition) is 5. The van der Waals surface area contributed by atoms with Crippen LogP contribution in [0.3, 0.4) is 0 Å². The van der Waals surface area contributed by atoms with E-state index in [1.807, 2.05) is 14.1 Å². The number of rotatable bonds is 7. The average molecular weight is 439 g/mol. The van der Waals surface area contributed by atoms with Crippen molar-refractivity contribution < 1.29 is 13.2 Å². The van der Waals surface area contributed by atoms with Gasteiger partial charge >= 0.3 is 6.18 Å². The third-order valence-corrected chi connectivity index (χ3v) is 6.03. The molecule has 0 aromatic heterocycles. The van der Waals surface area contributed by atoms with Gasteiger partial charge in [-0.2, -0.15) is 13.2 Å². The molecule has 0 bridgehead atoms. The van der Waals surface area contributed by atoms with Gasteiger partial charge in [0.2, 0.25) is 0 Å². The van der Waals surface area contributed by atoms with Crippen molar-refractivity contribution in [2.75, 3.05) is 53.9 Å². The molecule has 1 heterocycles. The lowest BCUT2D eigenvalue weighted by atomic mass is 10.0. The first-order valence-corrected chi connectivity index (χ1v) is 10.6. The van der Waals surface area contributed by atoms with Crippen molar-refractivity contribution in [3.05, 3.63) is 46.8 Å². The zero-order chi connectivity index (χ0) is 22.8. The Hall–Kier alpha value is -2.26. The van der Waals surface area contributed by atoms with Crippen LogP contribution in [0.4, 0.5) is 13.2 Å². The Kier molecular flexibility index (Phi) is 7.16. The maximum absolute atomic E-state index is 13.0. The standard InChI is InChI=1S/C22H33F3N6/c1-28-20(26)19(16-4-5-16)21(27)31-12-10-30(11-13-31)18(14-29(2)3)15-6-8-17(9-7-15)22(23,24)25/h6-9,16,18H,4-5,10-14,27H2,1-3H3,(H2,26,28). The van der Waals surface area contributed by atoms with Crippen LogP contribution in [-0.4, -0.2) is 74.4 Å². The van der Waals surface area contributed by atoms with Crippen molar-refractivity contribution in [3.8, 4) is 0 Å².